The molecule has 0 spiro atoms. The van der Waals surface area contributed by atoms with Gasteiger partial charge in [-0.05, 0) is 25.1 Å². The Morgan fingerprint density at radius 2 is 2.12 bits per heavy atom. The summed E-state index contributed by atoms with van der Waals surface area (Å²) in [6, 6.07) is 3.83. The lowest BCUT2D eigenvalue weighted by atomic mass is 10.2. The highest BCUT2D eigenvalue weighted by Crippen LogP contribution is 2.20. The van der Waals surface area contributed by atoms with Crippen LogP contribution in [-0.4, -0.2) is 23.0 Å². The average molecular weight is 307 g/mol. The van der Waals surface area contributed by atoms with Crippen LogP contribution in [0.1, 0.15) is 17.3 Å². The van der Waals surface area contributed by atoms with Crippen LogP contribution in [0, 0.1) is 0 Å². The fourth-order valence-corrected chi connectivity index (χ4v) is 1.57. The zero-order valence-corrected chi connectivity index (χ0v) is 10.7. The van der Waals surface area contributed by atoms with Gasteiger partial charge in [0.1, 0.15) is 6.04 Å². The number of carboxylic acids is 1. The summed E-state index contributed by atoms with van der Waals surface area (Å²) >= 11 is 9.03. The van der Waals surface area contributed by atoms with Crippen molar-refractivity contribution in [3.05, 3.63) is 33.3 Å². The van der Waals surface area contributed by atoms with E-state index in [9.17, 15) is 9.59 Å². The van der Waals surface area contributed by atoms with E-state index in [4.69, 9.17) is 16.7 Å². The first-order valence-corrected chi connectivity index (χ1v) is 5.57. The molecule has 0 fully saturated rings. The SMILES string of the molecule is C[C@H](NC(=O)c1cc(Br)ccc1Cl)C(=O)O. The Hall–Kier alpha value is -1.07. The van der Waals surface area contributed by atoms with Gasteiger partial charge in [0.15, 0.2) is 0 Å². The largest absolute Gasteiger partial charge is 0.480 e. The van der Waals surface area contributed by atoms with Crippen LogP contribution in [-0.2, 0) is 4.79 Å². The number of nitrogens with one attached hydrogen (secondary N) is 1. The minimum atomic E-state index is -1.10. The Bertz CT molecular complexity index is 436. The molecule has 86 valence electrons. The number of benzene rings is 1. The summed E-state index contributed by atoms with van der Waals surface area (Å²) in [4.78, 5) is 22.2. The zero-order chi connectivity index (χ0) is 12.3. The van der Waals surface area contributed by atoms with Gasteiger partial charge in [-0.3, -0.25) is 9.59 Å². The number of rotatable bonds is 3. The van der Waals surface area contributed by atoms with Crippen LogP contribution in [0.3, 0.4) is 0 Å². The molecule has 0 radical (unpaired) electrons. The van der Waals surface area contributed by atoms with E-state index >= 15 is 0 Å². The predicted molar refractivity (Wildman–Crippen MR) is 63.7 cm³/mol. The third-order valence-electron chi connectivity index (χ3n) is 1.89. The minimum absolute atomic E-state index is 0.240. The number of carbonyl (C=O) groups is 2. The second kappa shape index (κ2) is 5.32. The van der Waals surface area contributed by atoms with E-state index in [1.54, 1.807) is 12.1 Å². The fourth-order valence-electron chi connectivity index (χ4n) is 1.01. The molecule has 1 atom stereocenters. The molecule has 4 nitrogen and oxygen atoms in total. The highest BCUT2D eigenvalue weighted by atomic mass is 79.9. The van der Waals surface area contributed by atoms with Crippen LogP contribution in [0.4, 0.5) is 0 Å². The molecule has 0 bridgehead atoms. The van der Waals surface area contributed by atoms with Gasteiger partial charge in [0.05, 0.1) is 10.6 Å². The summed E-state index contributed by atoms with van der Waals surface area (Å²) < 4.78 is 0.699. The number of amides is 1. The Morgan fingerprint density at radius 3 is 2.69 bits per heavy atom. The summed E-state index contributed by atoms with van der Waals surface area (Å²) in [5.41, 5.74) is 0.240. The standard InChI is InChI=1S/C10H9BrClNO3/c1-5(10(15)16)13-9(14)7-4-6(11)2-3-8(7)12/h2-5H,1H3,(H,13,14)(H,15,16)/t5-/m0/s1. The van der Waals surface area contributed by atoms with Gasteiger partial charge in [0, 0.05) is 4.47 Å². The number of hydrogen-bond donors (Lipinski definition) is 2. The van der Waals surface area contributed by atoms with Crippen LogP contribution >= 0.6 is 27.5 Å². The molecule has 1 rings (SSSR count). The molecule has 0 aliphatic carbocycles. The predicted octanol–water partition coefficient (Wildman–Crippen LogP) is 2.31. The minimum Gasteiger partial charge on any atom is -0.480 e. The molecule has 6 heteroatoms. The van der Waals surface area contributed by atoms with E-state index in [1.807, 2.05) is 0 Å². The Kier molecular flexibility index (Phi) is 4.32. The topological polar surface area (TPSA) is 66.4 Å². The molecule has 1 aromatic carbocycles. The van der Waals surface area contributed by atoms with Gasteiger partial charge in [-0.2, -0.15) is 0 Å². The number of halogens is 2. The lowest BCUT2D eigenvalue weighted by Gasteiger charge is -2.10. The third-order valence-corrected chi connectivity index (χ3v) is 2.71. The molecule has 2 N–H and O–H groups in total. The summed E-state index contributed by atoms with van der Waals surface area (Å²) in [6.07, 6.45) is 0. The van der Waals surface area contributed by atoms with E-state index in [1.165, 1.54) is 13.0 Å². The smallest absolute Gasteiger partial charge is 0.325 e. The molecule has 0 saturated heterocycles. The maximum atomic E-state index is 11.7. The molecular formula is C10H9BrClNO3. The van der Waals surface area contributed by atoms with E-state index in [0.717, 1.165) is 0 Å². The van der Waals surface area contributed by atoms with E-state index in [2.05, 4.69) is 21.2 Å². The molecule has 16 heavy (non-hydrogen) atoms. The van der Waals surface area contributed by atoms with Gasteiger partial charge < -0.3 is 10.4 Å². The molecule has 0 heterocycles. The molecule has 0 aliphatic rings. The molecule has 0 saturated carbocycles. The summed E-state index contributed by atoms with van der Waals surface area (Å²) in [5.74, 6) is -1.61. The molecule has 1 amide bonds. The van der Waals surface area contributed by atoms with Crippen molar-refractivity contribution in [2.75, 3.05) is 0 Å². The van der Waals surface area contributed by atoms with Gasteiger partial charge in [-0.15, -0.1) is 0 Å². The summed E-state index contributed by atoms with van der Waals surface area (Å²) in [5, 5.41) is 11.2. The van der Waals surface area contributed by atoms with Gasteiger partial charge >= 0.3 is 5.97 Å². The van der Waals surface area contributed by atoms with Gasteiger partial charge in [-0.25, -0.2) is 0 Å². The van der Waals surface area contributed by atoms with Crippen molar-refractivity contribution in [2.24, 2.45) is 0 Å². The number of aliphatic carboxylic acids is 1. The Morgan fingerprint density at radius 1 is 1.50 bits per heavy atom. The van der Waals surface area contributed by atoms with Gasteiger partial charge in [0.2, 0.25) is 0 Å². The first kappa shape index (κ1) is 13.0. The average Bonchev–Trinajstić information content (AvgIpc) is 2.21. The van der Waals surface area contributed by atoms with E-state index < -0.39 is 17.9 Å². The quantitative estimate of drug-likeness (QED) is 0.900. The molecule has 0 unspecified atom stereocenters. The van der Waals surface area contributed by atoms with Crippen LogP contribution in [0.15, 0.2) is 22.7 Å². The van der Waals surface area contributed by atoms with Crippen LogP contribution in [0.2, 0.25) is 5.02 Å². The van der Waals surface area contributed by atoms with E-state index in [0.29, 0.717) is 4.47 Å². The van der Waals surface area contributed by atoms with Crippen molar-refractivity contribution in [1.29, 1.82) is 0 Å². The highest BCUT2D eigenvalue weighted by molar-refractivity contribution is 9.10. The molecule has 0 aromatic heterocycles. The van der Waals surface area contributed by atoms with Gasteiger partial charge in [-0.1, -0.05) is 27.5 Å². The summed E-state index contributed by atoms with van der Waals surface area (Å²) in [7, 11) is 0. The second-order valence-corrected chi connectivity index (χ2v) is 4.48. The van der Waals surface area contributed by atoms with Gasteiger partial charge in [0.25, 0.3) is 5.91 Å². The molecule has 0 aliphatic heterocycles. The molecular weight excluding hydrogens is 297 g/mol. The number of carbonyl (C=O) groups excluding carboxylic acids is 1. The summed E-state index contributed by atoms with van der Waals surface area (Å²) in [6.45, 7) is 1.38. The normalized spacial score (nSPS) is 11.9. The second-order valence-electron chi connectivity index (χ2n) is 3.16. The van der Waals surface area contributed by atoms with Crippen LogP contribution < -0.4 is 5.32 Å². The lowest BCUT2D eigenvalue weighted by molar-refractivity contribution is -0.138. The van der Waals surface area contributed by atoms with Crippen molar-refractivity contribution in [3.63, 3.8) is 0 Å². The van der Waals surface area contributed by atoms with Crippen LogP contribution in [0.25, 0.3) is 0 Å². The Balaban J connectivity index is 2.88. The first-order chi connectivity index (χ1) is 7.41. The van der Waals surface area contributed by atoms with Crippen LogP contribution in [0.5, 0.6) is 0 Å². The highest BCUT2D eigenvalue weighted by Gasteiger charge is 2.17. The monoisotopic (exact) mass is 305 g/mol. The fraction of sp³-hybridized carbons (Fsp3) is 0.200. The third kappa shape index (κ3) is 3.21. The van der Waals surface area contributed by atoms with Crippen molar-refractivity contribution in [1.82, 2.24) is 5.32 Å². The van der Waals surface area contributed by atoms with E-state index in [-0.39, 0.29) is 10.6 Å². The Labute approximate surface area is 106 Å². The zero-order valence-electron chi connectivity index (χ0n) is 8.33. The lowest BCUT2D eigenvalue weighted by Crippen LogP contribution is -2.38. The van der Waals surface area contributed by atoms with Crippen molar-refractivity contribution in [2.45, 2.75) is 13.0 Å². The van der Waals surface area contributed by atoms with Crippen molar-refractivity contribution in [3.8, 4) is 0 Å². The number of hydrogen-bond acceptors (Lipinski definition) is 2. The first-order valence-electron chi connectivity index (χ1n) is 4.40. The molecule has 1 aromatic rings. The maximum Gasteiger partial charge on any atom is 0.325 e. The number of carboxylic acid groups (broad SMARTS) is 1. The maximum absolute atomic E-state index is 11.7. The van der Waals surface area contributed by atoms with Crippen molar-refractivity contribution < 1.29 is 14.7 Å². The van der Waals surface area contributed by atoms with Crippen molar-refractivity contribution >= 4 is 39.4 Å².